The lowest BCUT2D eigenvalue weighted by Gasteiger charge is -2.26. The molecule has 0 radical (unpaired) electrons. The van der Waals surface area contributed by atoms with E-state index in [4.69, 9.17) is 0 Å². The first-order valence-corrected chi connectivity index (χ1v) is 6.16. The molecule has 0 aliphatic carbocycles. The average molecular weight is 272 g/mol. The van der Waals surface area contributed by atoms with E-state index < -0.39 is 29.0 Å². The number of benzene rings is 1. The van der Waals surface area contributed by atoms with Crippen LogP contribution in [0.1, 0.15) is 19.8 Å². The Kier molecular flexibility index (Phi) is 4.09. The molecular formula is C13H15F3N2O. The molecule has 1 aliphatic heterocycles. The van der Waals surface area contributed by atoms with E-state index in [1.54, 1.807) is 0 Å². The highest BCUT2D eigenvalue weighted by Gasteiger charge is 2.25. The van der Waals surface area contributed by atoms with Gasteiger partial charge in [0.25, 0.3) is 0 Å². The van der Waals surface area contributed by atoms with Gasteiger partial charge in [-0.2, -0.15) is 0 Å². The molecule has 3 nitrogen and oxygen atoms in total. The van der Waals surface area contributed by atoms with E-state index in [0.717, 1.165) is 6.42 Å². The molecule has 1 saturated heterocycles. The van der Waals surface area contributed by atoms with Crippen LogP contribution in [0, 0.1) is 23.4 Å². The molecule has 2 N–H and O–H groups in total. The number of piperidine rings is 1. The van der Waals surface area contributed by atoms with E-state index in [1.165, 1.54) is 0 Å². The fourth-order valence-corrected chi connectivity index (χ4v) is 2.11. The molecule has 1 aromatic rings. The number of rotatable bonds is 2. The van der Waals surface area contributed by atoms with Gasteiger partial charge >= 0.3 is 0 Å². The van der Waals surface area contributed by atoms with E-state index in [1.807, 2.05) is 6.92 Å². The summed E-state index contributed by atoms with van der Waals surface area (Å²) in [4.78, 5) is 11.9. The van der Waals surface area contributed by atoms with E-state index in [0.29, 0.717) is 31.1 Å². The zero-order chi connectivity index (χ0) is 14.0. The van der Waals surface area contributed by atoms with E-state index in [9.17, 15) is 18.0 Å². The number of amides is 1. The van der Waals surface area contributed by atoms with E-state index in [2.05, 4.69) is 10.6 Å². The molecule has 1 aromatic carbocycles. The summed E-state index contributed by atoms with van der Waals surface area (Å²) in [5.41, 5.74) is -0.593. The quantitative estimate of drug-likeness (QED) is 0.868. The van der Waals surface area contributed by atoms with Gasteiger partial charge in [0.1, 0.15) is 11.5 Å². The van der Waals surface area contributed by atoms with Gasteiger partial charge in [0, 0.05) is 24.7 Å². The summed E-state index contributed by atoms with van der Waals surface area (Å²) in [6.07, 6.45) is 1.48. The van der Waals surface area contributed by atoms with Crippen LogP contribution in [0.2, 0.25) is 0 Å². The molecule has 1 heterocycles. The predicted octanol–water partition coefficient (Wildman–Crippen LogP) is 2.43. The first kappa shape index (κ1) is 13.9. The smallest absolute Gasteiger partial charge is 0.228 e. The summed E-state index contributed by atoms with van der Waals surface area (Å²) in [5, 5.41) is 5.32. The third-order valence-electron chi connectivity index (χ3n) is 3.29. The summed E-state index contributed by atoms with van der Waals surface area (Å²) in [6.45, 7) is 2.48. The molecule has 0 bridgehead atoms. The Morgan fingerprint density at radius 1 is 1.26 bits per heavy atom. The summed E-state index contributed by atoms with van der Waals surface area (Å²) in [7, 11) is 0. The molecule has 1 fully saturated rings. The van der Waals surface area contributed by atoms with Crippen molar-refractivity contribution in [3.05, 3.63) is 29.6 Å². The molecule has 1 aliphatic rings. The molecule has 2 rings (SSSR count). The van der Waals surface area contributed by atoms with Crippen molar-refractivity contribution in [1.82, 2.24) is 5.32 Å². The van der Waals surface area contributed by atoms with Crippen LogP contribution in [0.5, 0.6) is 0 Å². The van der Waals surface area contributed by atoms with E-state index in [-0.39, 0.29) is 5.92 Å². The normalized spacial score (nSPS) is 23.2. The number of carbonyl (C=O) groups excluding carboxylic acids is 1. The predicted molar refractivity (Wildman–Crippen MR) is 65.1 cm³/mol. The van der Waals surface area contributed by atoms with Crippen molar-refractivity contribution in [3.63, 3.8) is 0 Å². The van der Waals surface area contributed by atoms with Crippen molar-refractivity contribution in [2.24, 2.45) is 5.92 Å². The minimum atomic E-state index is -1.11. The Balaban J connectivity index is 2.07. The first-order chi connectivity index (χ1) is 8.97. The van der Waals surface area contributed by atoms with Crippen molar-refractivity contribution in [2.45, 2.75) is 25.8 Å². The molecule has 6 heteroatoms. The van der Waals surface area contributed by atoms with Crippen LogP contribution < -0.4 is 10.6 Å². The molecule has 104 valence electrons. The van der Waals surface area contributed by atoms with Crippen molar-refractivity contribution in [1.29, 1.82) is 0 Å². The van der Waals surface area contributed by atoms with Gasteiger partial charge in [-0.05, 0) is 19.8 Å². The highest BCUT2D eigenvalue weighted by Crippen LogP contribution is 2.22. The van der Waals surface area contributed by atoms with Gasteiger partial charge in [0.15, 0.2) is 11.6 Å². The number of carbonyl (C=O) groups is 1. The van der Waals surface area contributed by atoms with Crippen molar-refractivity contribution < 1.29 is 18.0 Å². The number of nitrogens with one attached hydrogen (secondary N) is 2. The highest BCUT2D eigenvalue weighted by molar-refractivity contribution is 5.93. The Hall–Kier alpha value is -1.56. The lowest BCUT2D eigenvalue weighted by molar-refractivity contribution is -0.120. The summed E-state index contributed by atoms with van der Waals surface area (Å²) < 4.78 is 39.5. The molecule has 19 heavy (non-hydrogen) atoms. The molecule has 2 unspecified atom stereocenters. The van der Waals surface area contributed by atoms with Crippen molar-refractivity contribution in [3.8, 4) is 0 Å². The molecule has 0 spiro atoms. The molecular weight excluding hydrogens is 257 g/mol. The van der Waals surface area contributed by atoms with E-state index >= 15 is 0 Å². The molecule has 1 amide bonds. The van der Waals surface area contributed by atoms with Gasteiger partial charge in [-0.3, -0.25) is 4.79 Å². The van der Waals surface area contributed by atoms with Gasteiger partial charge in [-0.15, -0.1) is 0 Å². The largest absolute Gasteiger partial charge is 0.321 e. The van der Waals surface area contributed by atoms with Gasteiger partial charge in [0.05, 0.1) is 5.92 Å². The highest BCUT2D eigenvalue weighted by atomic mass is 19.1. The number of hydrogen-bond donors (Lipinski definition) is 2. The standard InChI is InChI=1S/C13H15F3N2O/c1-7-2-3-8(6-17-7)13(19)18-12-10(15)4-9(14)5-11(12)16/h4-5,7-8,17H,2-3,6H2,1H3,(H,18,19). The summed E-state index contributed by atoms with van der Waals surface area (Å²) in [5.74, 6) is -4.02. The van der Waals surface area contributed by atoms with Gasteiger partial charge in [-0.25, -0.2) is 13.2 Å². The second kappa shape index (κ2) is 5.61. The fourth-order valence-electron chi connectivity index (χ4n) is 2.11. The van der Waals surface area contributed by atoms with Gasteiger partial charge in [-0.1, -0.05) is 0 Å². The summed E-state index contributed by atoms with van der Waals surface area (Å²) >= 11 is 0. The second-order valence-corrected chi connectivity index (χ2v) is 4.82. The maximum Gasteiger partial charge on any atom is 0.228 e. The average Bonchev–Trinajstić information content (AvgIpc) is 2.34. The fraction of sp³-hybridized carbons (Fsp3) is 0.462. The van der Waals surface area contributed by atoms with Crippen LogP contribution in [-0.2, 0) is 4.79 Å². The zero-order valence-corrected chi connectivity index (χ0v) is 10.5. The van der Waals surface area contributed by atoms with Crippen LogP contribution in [0.25, 0.3) is 0 Å². The van der Waals surface area contributed by atoms with Crippen LogP contribution in [0.4, 0.5) is 18.9 Å². The van der Waals surface area contributed by atoms with Crippen LogP contribution in [-0.4, -0.2) is 18.5 Å². The monoisotopic (exact) mass is 272 g/mol. The minimum Gasteiger partial charge on any atom is -0.321 e. The lowest BCUT2D eigenvalue weighted by Crippen LogP contribution is -2.42. The van der Waals surface area contributed by atoms with Crippen LogP contribution in [0.3, 0.4) is 0 Å². The Bertz CT molecular complexity index is 462. The van der Waals surface area contributed by atoms with Crippen LogP contribution >= 0.6 is 0 Å². The van der Waals surface area contributed by atoms with Crippen molar-refractivity contribution >= 4 is 11.6 Å². The van der Waals surface area contributed by atoms with Gasteiger partial charge < -0.3 is 10.6 Å². The second-order valence-electron chi connectivity index (χ2n) is 4.82. The number of anilines is 1. The SMILES string of the molecule is CC1CCC(C(=O)Nc2c(F)cc(F)cc2F)CN1. The van der Waals surface area contributed by atoms with Crippen molar-refractivity contribution in [2.75, 3.05) is 11.9 Å². The van der Waals surface area contributed by atoms with Gasteiger partial charge in [0.2, 0.25) is 5.91 Å². The maximum atomic E-state index is 13.4. The first-order valence-electron chi connectivity index (χ1n) is 6.16. The maximum absolute atomic E-state index is 13.4. The topological polar surface area (TPSA) is 41.1 Å². The minimum absolute atomic E-state index is 0.333. The molecule has 2 atom stereocenters. The molecule has 0 saturated carbocycles. The Morgan fingerprint density at radius 3 is 2.42 bits per heavy atom. The number of hydrogen-bond acceptors (Lipinski definition) is 2. The third-order valence-corrected chi connectivity index (χ3v) is 3.29. The van der Waals surface area contributed by atoms with Crippen LogP contribution in [0.15, 0.2) is 12.1 Å². The Morgan fingerprint density at radius 2 is 1.89 bits per heavy atom. The third kappa shape index (κ3) is 3.26. The number of halogens is 3. The lowest BCUT2D eigenvalue weighted by atomic mass is 9.94. The molecule has 0 aromatic heterocycles. The Labute approximate surface area is 109 Å². The summed E-state index contributed by atoms with van der Waals surface area (Å²) in [6, 6.07) is 1.42. The zero-order valence-electron chi connectivity index (χ0n) is 10.5.